The average Bonchev–Trinajstić information content (AvgIpc) is 3.13. The van der Waals surface area contributed by atoms with Crippen LogP contribution in [0.1, 0.15) is 23.7 Å². The van der Waals surface area contributed by atoms with E-state index in [1.54, 1.807) is 17.0 Å². The largest absolute Gasteiger partial charge is 0.363 e. The molecule has 0 unspecified atom stereocenters. The highest BCUT2D eigenvalue weighted by Gasteiger charge is 2.19. The number of anilines is 1. The predicted molar refractivity (Wildman–Crippen MR) is 95.3 cm³/mol. The number of hydrogen-bond acceptors (Lipinski definition) is 4. The molecular weight excluding hydrogens is 318 g/mol. The van der Waals surface area contributed by atoms with Gasteiger partial charge in [-0.3, -0.25) is 9.59 Å². The molecule has 6 nitrogen and oxygen atoms in total. The lowest BCUT2D eigenvalue weighted by molar-refractivity contribution is -0.116. The fourth-order valence-corrected chi connectivity index (χ4v) is 2.66. The van der Waals surface area contributed by atoms with Crippen LogP contribution in [0, 0.1) is 0 Å². The quantitative estimate of drug-likeness (QED) is 0.749. The molecule has 0 spiro atoms. The Morgan fingerprint density at radius 2 is 1.92 bits per heavy atom. The molecule has 2 amide bonds. The maximum absolute atomic E-state index is 12.8. The highest BCUT2D eigenvalue weighted by molar-refractivity contribution is 6.01. The van der Waals surface area contributed by atoms with Crippen molar-refractivity contribution in [2.75, 3.05) is 18.4 Å². The summed E-state index contributed by atoms with van der Waals surface area (Å²) in [7, 11) is 0. The first-order valence-corrected chi connectivity index (χ1v) is 8.15. The molecule has 0 aliphatic heterocycles. The molecule has 0 atom stereocenters. The van der Waals surface area contributed by atoms with Crippen LogP contribution in [0.3, 0.4) is 0 Å². The van der Waals surface area contributed by atoms with Crippen molar-refractivity contribution in [3.05, 3.63) is 60.4 Å². The topological polar surface area (TPSA) is 75.4 Å². The molecule has 6 heteroatoms. The van der Waals surface area contributed by atoms with Crippen LogP contribution in [0.5, 0.6) is 0 Å². The highest BCUT2D eigenvalue weighted by atomic mass is 16.5. The maximum Gasteiger partial charge on any atom is 0.254 e. The maximum atomic E-state index is 12.8. The smallest absolute Gasteiger partial charge is 0.254 e. The first-order valence-electron chi connectivity index (χ1n) is 8.15. The van der Waals surface area contributed by atoms with E-state index in [4.69, 9.17) is 0 Å². The molecule has 1 heterocycles. The minimum absolute atomic E-state index is 0.0354. The molecule has 0 aliphatic rings. The molecule has 1 N–H and O–H groups in total. The normalized spacial score (nSPS) is 10.6. The van der Waals surface area contributed by atoms with E-state index in [1.165, 1.54) is 6.26 Å². The second-order valence-corrected chi connectivity index (χ2v) is 5.72. The second kappa shape index (κ2) is 7.61. The van der Waals surface area contributed by atoms with E-state index in [0.29, 0.717) is 17.9 Å². The number of carbonyl (C=O) groups is 2. The fourth-order valence-electron chi connectivity index (χ4n) is 2.66. The van der Waals surface area contributed by atoms with Gasteiger partial charge < -0.3 is 14.7 Å². The molecule has 25 heavy (non-hydrogen) atoms. The Balaban J connectivity index is 1.75. The first kappa shape index (κ1) is 16.7. The van der Waals surface area contributed by atoms with Gasteiger partial charge in [-0.2, -0.15) is 0 Å². The van der Waals surface area contributed by atoms with Gasteiger partial charge in [0.05, 0.1) is 0 Å². The van der Waals surface area contributed by atoms with E-state index in [1.807, 2.05) is 43.3 Å². The zero-order valence-electron chi connectivity index (χ0n) is 13.9. The predicted octanol–water partition coefficient (Wildman–Crippen LogP) is 3.32. The summed E-state index contributed by atoms with van der Waals surface area (Å²) < 4.78 is 4.68. The number of aromatic nitrogens is 1. The van der Waals surface area contributed by atoms with E-state index in [9.17, 15) is 9.59 Å². The van der Waals surface area contributed by atoms with Crippen LogP contribution in [-0.4, -0.2) is 35.0 Å². The fraction of sp³-hybridized carbons (Fsp3) is 0.211. The van der Waals surface area contributed by atoms with E-state index in [2.05, 4.69) is 15.0 Å². The summed E-state index contributed by atoms with van der Waals surface area (Å²) in [5.41, 5.74) is 0.571. The van der Waals surface area contributed by atoms with Crippen LogP contribution in [-0.2, 0) is 4.79 Å². The van der Waals surface area contributed by atoms with Crippen molar-refractivity contribution in [3.8, 4) is 0 Å². The van der Waals surface area contributed by atoms with Crippen LogP contribution >= 0.6 is 0 Å². The van der Waals surface area contributed by atoms with Gasteiger partial charge in [0.25, 0.3) is 5.91 Å². The number of benzene rings is 2. The molecule has 0 saturated carbocycles. The minimum Gasteiger partial charge on any atom is -0.363 e. The Hall–Kier alpha value is -3.15. The van der Waals surface area contributed by atoms with E-state index < -0.39 is 0 Å². The lowest BCUT2D eigenvalue weighted by Crippen LogP contribution is -2.38. The van der Waals surface area contributed by atoms with E-state index in [-0.39, 0.29) is 18.4 Å². The minimum atomic E-state index is -0.309. The van der Waals surface area contributed by atoms with Gasteiger partial charge in [0.15, 0.2) is 5.82 Å². The van der Waals surface area contributed by atoms with Gasteiger partial charge in [0.1, 0.15) is 12.8 Å². The van der Waals surface area contributed by atoms with E-state index >= 15 is 0 Å². The molecular formula is C19H19N3O3. The van der Waals surface area contributed by atoms with Crippen LogP contribution in [0.25, 0.3) is 10.8 Å². The Morgan fingerprint density at radius 3 is 2.64 bits per heavy atom. The van der Waals surface area contributed by atoms with E-state index in [0.717, 1.165) is 17.2 Å². The van der Waals surface area contributed by atoms with Gasteiger partial charge in [-0.05, 0) is 29.3 Å². The van der Waals surface area contributed by atoms with Crippen LogP contribution in [0.15, 0.2) is 59.3 Å². The van der Waals surface area contributed by atoms with Gasteiger partial charge in [-0.1, -0.05) is 42.4 Å². The number of carbonyl (C=O) groups excluding carboxylic acids is 2. The van der Waals surface area contributed by atoms with Gasteiger partial charge in [-0.15, -0.1) is 0 Å². The van der Waals surface area contributed by atoms with Crippen LogP contribution in [0.2, 0.25) is 0 Å². The van der Waals surface area contributed by atoms with Crippen molar-refractivity contribution in [1.82, 2.24) is 10.1 Å². The molecule has 0 fully saturated rings. The third kappa shape index (κ3) is 4.03. The zero-order valence-corrected chi connectivity index (χ0v) is 13.9. The SMILES string of the molecule is CCCN(CC(=O)Nc1ccon1)C(=O)c1ccc2ccccc2c1. The molecule has 2 aromatic carbocycles. The monoisotopic (exact) mass is 337 g/mol. The van der Waals surface area contributed by atoms with Crippen LogP contribution in [0.4, 0.5) is 5.82 Å². The van der Waals surface area contributed by atoms with Crippen molar-refractivity contribution < 1.29 is 14.1 Å². The Kier molecular flexibility index (Phi) is 5.09. The summed E-state index contributed by atoms with van der Waals surface area (Å²) in [5.74, 6) is -0.140. The lowest BCUT2D eigenvalue weighted by atomic mass is 10.1. The van der Waals surface area contributed by atoms with Gasteiger partial charge in [-0.25, -0.2) is 0 Å². The lowest BCUT2D eigenvalue weighted by Gasteiger charge is -2.21. The first-order chi connectivity index (χ1) is 12.2. The number of nitrogens with zero attached hydrogens (tertiary/aromatic N) is 2. The average molecular weight is 337 g/mol. The molecule has 3 aromatic rings. The summed E-state index contributed by atoms with van der Waals surface area (Å²) in [6.07, 6.45) is 2.14. The molecule has 0 radical (unpaired) electrons. The number of amides is 2. The number of nitrogens with one attached hydrogen (secondary N) is 1. The molecule has 0 aliphatic carbocycles. The Labute approximate surface area is 145 Å². The van der Waals surface area contributed by atoms with Gasteiger partial charge in [0.2, 0.25) is 5.91 Å². The number of fused-ring (bicyclic) bond motifs is 1. The van der Waals surface area contributed by atoms with Crippen molar-refractivity contribution in [2.24, 2.45) is 0 Å². The number of hydrogen-bond donors (Lipinski definition) is 1. The van der Waals surface area contributed by atoms with Crippen molar-refractivity contribution in [3.63, 3.8) is 0 Å². The molecule has 0 saturated heterocycles. The summed E-state index contributed by atoms with van der Waals surface area (Å²) in [4.78, 5) is 26.5. The van der Waals surface area contributed by atoms with Crippen molar-refractivity contribution in [1.29, 1.82) is 0 Å². The standard InChI is InChI=1S/C19H19N3O3/c1-2-10-22(13-18(23)20-17-9-11-25-21-17)19(24)16-8-7-14-5-3-4-6-15(14)12-16/h3-9,11-12H,2,10,13H2,1H3,(H,20,21,23). The molecule has 3 rings (SSSR count). The van der Waals surface area contributed by atoms with Crippen LogP contribution < -0.4 is 5.32 Å². The third-order valence-electron chi connectivity index (χ3n) is 3.82. The second-order valence-electron chi connectivity index (χ2n) is 5.72. The highest BCUT2D eigenvalue weighted by Crippen LogP contribution is 2.17. The molecule has 0 bridgehead atoms. The molecule has 1 aromatic heterocycles. The number of rotatable bonds is 6. The summed E-state index contributed by atoms with van der Waals surface area (Å²) in [6.45, 7) is 2.43. The summed E-state index contributed by atoms with van der Waals surface area (Å²) in [6, 6.07) is 15.0. The summed E-state index contributed by atoms with van der Waals surface area (Å²) >= 11 is 0. The Morgan fingerprint density at radius 1 is 1.12 bits per heavy atom. The summed E-state index contributed by atoms with van der Waals surface area (Å²) in [5, 5.41) is 8.32. The zero-order chi connectivity index (χ0) is 17.6. The third-order valence-corrected chi connectivity index (χ3v) is 3.82. The molecule has 128 valence electrons. The van der Waals surface area contributed by atoms with Crippen molar-refractivity contribution >= 4 is 28.4 Å². The van der Waals surface area contributed by atoms with Crippen molar-refractivity contribution in [2.45, 2.75) is 13.3 Å². The van der Waals surface area contributed by atoms with Gasteiger partial charge in [0, 0.05) is 18.2 Å². The van der Waals surface area contributed by atoms with Gasteiger partial charge >= 0.3 is 0 Å². The Bertz CT molecular complexity index is 875.